The van der Waals surface area contributed by atoms with E-state index in [1.807, 2.05) is 0 Å². The summed E-state index contributed by atoms with van der Waals surface area (Å²) in [5.41, 5.74) is -1.69. The minimum atomic E-state index is -4.95. The fourth-order valence-corrected chi connectivity index (χ4v) is 2.72. The molecule has 2 N–H and O–H groups in total. The van der Waals surface area contributed by atoms with Gasteiger partial charge >= 0.3 is 6.18 Å². The van der Waals surface area contributed by atoms with Crippen LogP contribution in [0, 0.1) is 0 Å². The molecule has 12 heteroatoms. The maximum atomic E-state index is 12.9. The van der Waals surface area contributed by atoms with Gasteiger partial charge in [0.15, 0.2) is 0 Å². The van der Waals surface area contributed by atoms with E-state index in [0.29, 0.717) is 0 Å². The lowest BCUT2D eigenvalue weighted by Gasteiger charge is -2.19. The molecule has 3 rings (SSSR count). The largest absolute Gasteiger partial charge is 0.410 e. The average molecular weight is 454 g/mol. The van der Waals surface area contributed by atoms with E-state index in [1.165, 1.54) is 36.7 Å². The fourth-order valence-electron chi connectivity index (χ4n) is 2.72. The number of aliphatic hydroxyl groups excluding tert-OH is 1. The molecule has 2 heterocycles. The third-order valence-electron chi connectivity index (χ3n) is 4.39. The molecule has 0 saturated heterocycles. The van der Waals surface area contributed by atoms with Gasteiger partial charge in [0.1, 0.15) is 11.6 Å². The lowest BCUT2D eigenvalue weighted by molar-refractivity contribution is -0.161. The van der Waals surface area contributed by atoms with Gasteiger partial charge in [-0.05, 0) is 18.2 Å². The molecule has 0 fully saturated rings. The van der Waals surface area contributed by atoms with Gasteiger partial charge in [0.25, 0.3) is 17.9 Å². The minimum Gasteiger partial charge on any atom is -0.394 e. The van der Waals surface area contributed by atoms with Crippen molar-refractivity contribution < 1.29 is 31.9 Å². The zero-order valence-electron chi connectivity index (χ0n) is 16.1. The molecule has 7 nitrogen and oxygen atoms in total. The summed E-state index contributed by atoms with van der Waals surface area (Å²) in [6.45, 7) is -1.43. The van der Waals surface area contributed by atoms with Crippen LogP contribution in [0.25, 0.3) is 16.9 Å². The molecule has 0 bridgehead atoms. The van der Waals surface area contributed by atoms with Crippen LogP contribution in [0.15, 0.2) is 59.7 Å². The molecule has 0 aliphatic carbocycles. The number of amides is 1. The van der Waals surface area contributed by atoms with Crippen LogP contribution < -0.4 is 10.9 Å². The van der Waals surface area contributed by atoms with Crippen molar-refractivity contribution in [2.24, 2.45) is 0 Å². The summed E-state index contributed by atoms with van der Waals surface area (Å²) in [5, 5.41) is 14.6. The molecular formula is C20H15F5N4O3. The van der Waals surface area contributed by atoms with Crippen molar-refractivity contribution in [2.45, 2.75) is 18.6 Å². The second-order valence-electron chi connectivity index (χ2n) is 6.54. The zero-order valence-corrected chi connectivity index (χ0v) is 16.1. The lowest BCUT2D eigenvalue weighted by atomic mass is 10.1. The maximum absolute atomic E-state index is 12.9. The van der Waals surface area contributed by atoms with Gasteiger partial charge in [0.2, 0.25) is 0 Å². The third kappa shape index (κ3) is 4.97. The van der Waals surface area contributed by atoms with Crippen LogP contribution in [0.5, 0.6) is 0 Å². The van der Waals surface area contributed by atoms with Crippen molar-refractivity contribution in [1.82, 2.24) is 20.1 Å². The molecule has 0 aliphatic heterocycles. The summed E-state index contributed by atoms with van der Waals surface area (Å²) in [6.07, 6.45) is -5.02. The Morgan fingerprint density at radius 3 is 2.38 bits per heavy atom. The van der Waals surface area contributed by atoms with Gasteiger partial charge in [0.05, 0.1) is 24.2 Å². The van der Waals surface area contributed by atoms with Crippen LogP contribution in [-0.2, 0) is 0 Å². The molecule has 32 heavy (non-hydrogen) atoms. The summed E-state index contributed by atoms with van der Waals surface area (Å²) < 4.78 is 65.3. The molecule has 0 saturated carbocycles. The number of benzene rings is 1. The van der Waals surface area contributed by atoms with E-state index < -0.39 is 42.3 Å². The first-order chi connectivity index (χ1) is 15.1. The van der Waals surface area contributed by atoms with E-state index in [0.717, 1.165) is 22.9 Å². The highest BCUT2D eigenvalue weighted by Crippen LogP contribution is 2.24. The van der Waals surface area contributed by atoms with E-state index in [2.05, 4.69) is 10.1 Å². The molecule has 1 amide bonds. The van der Waals surface area contributed by atoms with Gasteiger partial charge in [-0.2, -0.15) is 23.0 Å². The Balaban J connectivity index is 2.13. The predicted molar refractivity (Wildman–Crippen MR) is 102 cm³/mol. The van der Waals surface area contributed by atoms with Crippen molar-refractivity contribution in [2.75, 3.05) is 6.61 Å². The number of carbonyl (C=O) groups excluding carboxylic acids is 1. The van der Waals surface area contributed by atoms with Gasteiger partial charge in [-0.15, -0.1) is 0 Å². The highest BCUT2D eigenvalue weighted by molar-refractivity contribution is 5.95. The number of halogens is 5. The van der Waals surface area contributed by atoms with Gasteiger partial charge in [-0.3, -0.25) is 14.6 Å². The zero-order chi connectivity index (χ0) is 23.5. The molecule has 0 spiro atoms. The number of hydrogen-bond acceptors (Lipinski definition) is 5. The number of carbonyl (C=O) groups is 1. The standard InChI is InChI=1S/C20H15F5N4O3/c21-17(22)12-5-3-11(4-6-12)15-8-14(18(31)27-16(10-30)20(23,24)25)19(32)29(28-15)13-2-1-7-26-9-13/h1-9,16-17,30H,10H2,(H,27,31). The maximum Gasteiger partial charge on any atom is 0.410 e. The third-order valence-corrected chi connectivity index (χ3v) is 4.39. The summed E-state index contributed by atoms with van der Waals surface area (Å²) >= 11 is 0. The number of nitrogens with one attached hydrogen (secondary N) is 1. The number of rotatable bonds is 6. The van der Waals surface area contributed by atoms with Gasteiger partial charge in [-0.1, -0.05) is 24.3 Å². The van der Waals surface area contributed by atoms with E-state index in [9.17, 15) is 31.5 Å². The van der Waals surface area contributed by atoms with Crippen LogP contribution in [0.3, 0.4) is 0 Å². The van der Waals surface area contributed by atoms with Crippen molar-refractivity contribution in [1.29, 1.82) is 0 Å². The number of nitrogens with zero attached hydrogens (tertiary/aromatic N) is 3. The molecule has 168 valence electrons. The van der Waals surface area contributed by atoms with Crippen molar-refractivity contribution in [3.05, 3.63) is 76.3 Å². The lowest BCUT2D eigenvalue weighted by Crippen LogP contribution is -2.49. The second-order valence-corrected chi connectivity index (χ2v) is 6.54. The molecular weight excluding hydrogens is 439 g/mol. The Morgan fingerprint density at radius 1 is 1.16 bits per heavy atom. The Kier molecular flexibility index (Phi) is 6.63. The number of pyridine rings is 1. The minimum absolute atomic E-state index is 0.0352. The Bertz CT molecular complexity index is 1150. The van der Waals surface area contributed by atoms with E-state index in [1.54, 1.807) is 5.32 Å². The van der Waals surface area contributed by atoms with Crippen LogP contribution in [0.2, 0.25) is 0 Å². The van der Waals surface area contributed by atoms with Gasteiger partial charge in [0, 0.05) is 17.3 Å². The molecule has 1 aromatic carbocycles. The Morgan fingerprint density at radius 2 is 1.84 bits per heavy atom. The summed E-state index contributed by atoms with van der Waals surface area (Å²) in [4.78, 5) is 29.2. The van der Waals surface area contributed by atoms with Crippen molar-refractivity contribution in [3.8, 4) is 16.9 Å². The van der Waals surface area contributed by atoms with E-state index in [4.69, 9.17) is 5.11 Å². The summed E-state index contributed by atoms with van der Waals surface area (Å²) in [7, 11) is 0. The Labute approximate surface area is 177 Å². The average Bonchev–Trinajstić information content (AvgIpc) is 2.77. The van der Waals surface area contributed by atoms with Crippen molar-refractivity contribution >= 4 is 5.91 Å². The highest BCUT2D eigenvalue weighted by atomic mass is 19.4. The van der Waals surface area contributed by atoms with Crippen LogP contribution in [0.4, 0.5) is 22.0 Å². The molecule has 0 radical (unpaired) electrons. The van der Waals surface area contributed by atoms with E-state index >= 15 is 0 Å². The SMILES string of the molecule is O=C(NC(CO)C(F)(F)F)c1cc(-c2ccc(C(F)F)cc2)nn(-c2cccnc2)c1=O. The van der Waals surface area contributed by atoms with Gasteiger partial charge < -0.3 is 10.4 Å². The van der Waals surface area contributed by atoms with Crippen molar-refractivity contribution in [3.63, 3.8) is 0 Å². The highest BCUT2D eigenvalue weighted by Gasteiger charge is 2.40. The first-order valence-corrected chi connectivity index (χ1v) is 9.03. The summed E-state index contributed by atoms with van der Waals surface area (Å²) in [6, 6.07) is 6.04. The first-order valence-electron chi connectivity index (χ1n) is 9.03. The quantitative estimate of drug-likeness (QED) is 0.559. The Hall–Kier alpha value is -3.67. The number of aromatic nitrogens is 3. The number of aliphatic hydroxyl groups is 1. The van der Waals surface area contributed by atoms with Gasteiger partial charge in [-0.25, -0.2) is 8.78 Å². The predicted octanol–water partition coefficient (Wildman–Crippen LogP) is 2.89. The molecule has 0 aliphatic rings. The second kappa shape index (κ2) is 9.22. The van der Waals surface area contributed by atoms with Crippen LogP contribution >= 0.6 is 0 Å². The van der Waals surface area contributed by atoms with Crippen LogP contribution in [0.1, 0.15) is 22.3 Å². The number of alkyl halides is 5. The van der Waals surface area contributed by atoms with E-state index in [-0.39, 0.29) is 22.5 Å². The monoisotopic (exact) mass is 454 g/mol. The smallest absolute Gasteiger partial charge is 0.394 e. The normalized spacial score (nSPS) is 12.6. The van der Waals surface area contributed by atoms with Crippen LogP contribution in [-0.4, -0.2) is 44.6 Å². The molecule has 1 atom stereocenters. The molecule has 1 unspecified atom stereocenters. The number of hydrogen-bond donors (Lipinski definition) is 2. The molecule has 2 aromatic heterocycles. The fraction of sp³-hybridized carbons (Fsp3) is 0.200. The topological polar surface area (TPSA) is 97.1 Å². The molecule has 3 aromatic rings. The summed E-state index contributed by atoms with van der Waals surface area (Å²) in [5.74, 6) is -1.39. The first kappa shape index (κ1) is 23.0.